The van der Waals surface area contributed by atoms with E-state index in [1.165, 1.54) is 7.11 Å². The average Bonchev–Trinajstić information content (AvgIpc) is 2.94. The van der Waals surface area contributed by atoms with Crippen LogP contribution < -0.4 is 16.0 Å². The molecule has 2 heterocycles. The van der Waals surface area contributed by atoms with Gasteiger partial charge < -0.3 is 20.7 Å². The van der Waals surface area contributed by atoms with Gasteiger partial charge in [-0.25, -0.2) is 0 Å². The van der Waals surface area contributed by atoms with Crippen molar-refractivity contribution in [2.45, 2.75) is 24.9 Å². The van der Waals surface area contributed by atoms with Crippen LogP contribution in [0.2, 0.25) is 0 Å². The maximum Gasteiger partial charge on any atom is 0.239 e. The van der Waals surface area contributed by atoms with E-state index < -0.39 is 6.04 Å². The van der Waals surface area contributed by atoms with Crippen LogP contribution >= 0.6 is 0 Å². The number of hydrogen-bond acceptors (Lipinski definition) is 6. The fraction of sp³-hybridized carbons (Fsp3) is 0.615. The predicted molar refractivity (Wildman–Crippen MR) is 75.3 cm³/mol. The highest BCUT2D eigenvalue weighted by Crippen LogP contribution is 2.22. The summed E-state index contributed by atoms with van der Waals surface area (Å²) in [6.07, 6.45) is 3.76. The van der Waals surface area contributed by atoms with Gasteiger partial charge in [-0.05, 0) is 25.0 Å². The van der Waals surface area contributed by atoms with E-state index in [9.17, 15) is 4.79 Å². The van der Waals surface area contributed by atoms with E-state index in [1.807, 2.05) is 12.1 Å². The smallest absolute Gasteiger partial charge is 0.239 e. The number of carbonyl (C=O) groups is 1. The molecule has 7 nitrogen and oxygen atoms in total. The molecule has 0 spiro atoms. The highest BCUT2D eigenvalue weighted by molar-refractivity contribution is 5.81. The van der Waals surface area contributed by atoms with Crippen LogP contribution in [-0.4, -0.2) is 55.0 Å². The fourth-order valence-electron chi connectivity index (χ4n) is 2.40. The fourth-order valence-corrected chi connectivity index (χ4v) is 2.40. The van der Waals surface area contributed by atoms with Crippen LogP contribution in [0.1, 0.15) is 12.8 Å². The normalized spacial score (nSPS) is 19.9. The molecule has 20 heavy (non-hydrogen) atoms. The molecular formula is C13H21N5O2. The molecule has 0 aliphatic carbocycles. The first-order chi connectivity index (χ1) is 9.72. The molecule has 7 heteroatoms. The minimum Gasteiger partial charge on any atom is -0.383 e. The van der Waals surface area contributed by atoms with Crippen LogP contribution in [-0.2, 0) is 9.53 Å². The van der Waals surface area contributed by atoms with E-state index in [1.54, 1.807) is 6.20 Å². The zero-order valence-electron chi connectivity index (χ0n) is 11.7. The van der Waals surface area contributed by atoms with Gasteiger partial charge in [0.25, 0.3) is 0 Å². The summed E-state index contributed by atoms with van der Waals surface area (Å²) in [6, 6.07) is 3.42. The highest BCUT2D eigenvalue weighted by atomic mass is 16.5. The van der Waals surface area contributed by atoms with Gasteiger partial charge in [-0.1, -0.05) is 0 Å². The van der Waals surface area contributed by atoms with Crippen molar-refractivity contribution >= 4 is 11.7 Å². The Bertz CT molecular complexity index is 428. The first-order valence-electron chi connectivity index (χ1n) is 6.79. The van der Waals surface area contributed by atoms with Crippen molar-refractivity contribution in [3.05, 3.63) is 18.3 Å². The summed E-state index contributed by atoms with van der Waals surface area (Å²) in [4.78, 5) is 13.9. The Morgan fingerprint density at radius 2 is 2.55 bits per heavy atom. The van der Waals surface area contributed by atoms with Gasteiger partial charge in [0.05, 0.1) is 6.61 Å². The standard InChI is InChI=1S/C13H21N5O2/c1-20-9-11(14)13(19)15-8-10-4-3-7-18(10)12-5-2-6-16-17-12/h2,5-6,10-11H,3-4,7-9,14H2,1H3,(H,15,19). The predicted octanol–water partition coefficient (Wildman–Crippen LogP) is -0.465. The van der Waals surface area contributed by atoms with Gasteiger partial charge in [0.15, 0.2) is 5.82 Å². The maximum atomic E-state index is 11.8. The second-order valence-corrected chi connectivity index (χ2v) is 4.88. The van der Waals surface area contributed by atoms with Gasteiger partial charge in [0.1, 0.15) is 6.04 Å². The van der Waals surface area contributed by atoms with E-state index in [4.69, 9.17) is 10.5 Å². The molecule has 2 rings (SSSR count). The number of carbonyl (C=O) groups excluding carboxylic acids is 1. The molecule has 2 unspecified atom stereocenters. The van der Waals surface area contributed by atoms with Crippen molar-refractivity contribution in [3.63, 3.8) is 0 Å². The molecule has 1 amide bonds. The van der Waals surface area contributed by atoms with Crippen LogP contribution in [0.25, 0.3) is 0 Å². The first kappa shape index (κ1) is 14.7. The van der Waals surface area contributed by atoms with Crippen molar-refractivity contribution in [3.8, 4) is 0 Å². The van der Waals surface area contributed by atoms with E-state index in [0.717, 1.165) is 25.2 Å². The minimum atomic E-state index is -0.619. The van der Waals surface area contributed by atoms with Crippen molar-refractivity contribution in [1.82, 2.24) is 15.5 Å². The molecule has 1 aliphatic rings. The molecule has 110 valence electrons. The third kappa shape index (κ3) is 3.64. The largest absolute Gasteiger partial charge is 0.383 e. The van der Waals surface area contributed by atoms with Crippen LogP contribution in [0, 0.1) is 0 Å². The summed E-state index contributed by atoms with van der Waals surface area (Å²) in [5, 5.41) is 10.9. The Balaban J connectivity index is 1.87. The molecule has 0 saturated carbocycles. The summed E-state index contributed by atoms with van der Waals surface area (Å²) < 4.78 is 4.87. The number of aromatic nitrogens is 2. The molecule has 3 N–H and O–H groups in total. The monoisotopic (exact) mass is 279 g/mol. The Kier molecular flexibility index (Phi) is 5.25. The van der Waals surface area contributed by atoms with Gasteiger partial charge in [-0.3, -0.25) is 4.79 Å². The van der Waals surface area contributed by atoms with Gasteiger partial charge in [0, 0.05) is 32.4 Å². The minimum absolute atomic E-state index is 0.183. The van der Waals surface area contributed by atoms with Crippen molar-refractivity contribution in [2.75, 3.05) is 31.7 Å². The number of nitrogens with one attached hydrogen (secondary N) is 1. The summed E-state index contributed by atoms with van der Waals surface area (Å²) >= 11 is 0. The van der Waals surface area contributed by atoms with E-state index in [0.29, 0.717) is 6.54 Å². The summed E-state index contributed by atoms with van der Waals surface area (Å²) in [6.45, 7) is 1.72. The molecule has 1 aromatic rings. The molecule has 1 aromatic heterocycles. The number of anilines is 1. The second kappa shape index (κ2) is 7.16. The molecule has 2 atom stereocenters. The summed E-state index contributed by atoms with van der Waals surface area (Å²) in [7, 11) is 1.53. The third-order valence-corrected chi connectivity index (χ3v) is 3.42. The maximum absolute atomic E-state index is 11.8. The topological polar surface area (TPSA) is 93.4 Å². The Labute approximate surface area is 118 Å². The van der Waals surface area contributed by atoms with E-state index in [-0.39, 0.29) is 18.6 Å². The SMILES string of the molecule is COCC(N)C(=O)NCC1CCCN1c1cccnn1. The lowest BCUT2D eigenvalue weighted by Crippen LogP contribution is -2.48. The zero-order valence-corrected chi connectivity index (χ0v) is 11.7. The lowest BCUT2D eigenvalue weighted by atomic mass is 10.2. The number of nitrogens with zero attached hydrogens (tertiary/aromatic N) is 3. The van der Waals surface area contributed by atoms with E-state index >= 15 is 0 Å². The number of hydrogen-bond donors (Lipinski definition) is 2. The number of amides is 1. The highest BCUT2D eigenvalue weighted by Gasteiger charge is 2.26. The zero-order chi connectivity index (χ0) is 14.4. The number of methoxy groups -OCH3 is 1. The molecule has 0 radical (unpaired) electrons. The lowest BCUT2D eigenvalue weighted by molar-refractivity contribution is -0.123. The lowest BCUT2D eigenvalue weighted by Gasteiger charge is -2.25. The van der Waals surface area contributed by atoms with Crippen molar-refractivity contribution < 1.29 is 9.53 Å². The molecular weight excluding hydrogens is 258 g/mol. The summed E-state index contributed by atoms with van der Waals surface area (Å²) in [5.41, 5.74) is 5.69. The van der Waals surface area contributed by atoms with Gasteiger partial charge in [-0.2, -0.15) is 5.10 Å². The van der Waals surface area contributed by atoms with Crippen LogP contribution in [0.3, 0.4) is 0 Å². The molecule has 1 fully saturated rings. The van der Waals surface area contributed by atoms with Crippen molar-refractivity contribution in [2.24, 2.45) is 5.73 Å². The number of nitrogens with two attached hydrogens (primary N) is 1. The Hall–Kier alpha value is -1.73. The summed E-state index contributed by atoms with van der Waals surface area (Å²) in [5.74, 6) is 0.670. The first-order valence-corrected chi connectivity index (χ1v) is 6.79. The number of rotatable bonds is 6. The van der Waals surface area contributed by atoms with Gasteiger partial charge >= 0.3 is 0 Å². The van der Waals surface area contributed by atoms with Crippen LogP contribution in [0.15, 0.2) is 18.3 Å². The van der Waals surface area contributed by atoms with Crippen LogP contribution in [0.5, 0.6) is 0 Å². The molecule has 1 aliphatic heterocycles. The quantitative estimate of drug-likeness (QED) is 0.731. The van der Waals surface area contributed by atoms with Gasteiger partial charge in [-0.15, -0.1) is 5.10 Å². The Morgan fingerprint density at radius 1 is 1.70 bits per heavy atom. The van der Waals surface area contributed by atoms with Crippen LogP contribution in [0.4, 0.5) is 5.82 Å². The molecule has 1 saturated heterocycles. The third-order valence-electron chi connectivity index (χ3n) is 3.42. The van der Waals surface area contributed by atoms with Crippen molar-refractivity contribution in [1.29, 1.82) is 0 Å². The molecule has 0 bridgehead atoms. The van der Waals surface area contributed by atoms with Gasteiger partial charge in [0.2, 0.25) is 5.91 Å². The number of ether oxygens (including phenoxy) is 1. The van der Waals surface area contributed by atoms with E-state index in [2.05, 4.69) is 20.4 Å². The Morgan fingerprint density at radius 3 is 3.25 bits per heavy atom. The second-order valence-electron chi connectivity index (χ2n) is 4.88. The average molecular weight is 279 g/mol. The molecule has 0 aromatic carbocycles.